The van der Waals surface area contributed by atoms with Crippen LogP contribution in [0.25, 0.3) is 0 Å². The molecule has 1 atom stereocenters. The molecule has 1 heterocycles. The molecule has 1 unspecified atom stereocenters. The van der Waals surface area contributed by atoms with E-state index in [1.54, 1.807) is 6.07 Å². The third kappa shape index (κ3) is 4.54. The van der Waals surface area contributed by atoms with Crippen molar-refractivity contribution in [3.8, 4) is 11.8 Å². The van der Waals surface area contributed by atoms with Crippen molar-refractivity contribution in [2.75, 3.05) is 13.1 Å². The van der Waals surface area contributed by atoms with Gasteiger partial charge in [-0.25, -0.2) is 4.99 Å². The van der Waals surface area contributed by atoms with Crippen molar-refractivity contribution in [3.63, 3.8) is 0 Å². The molecule has 0 aliphatic carbocycles. The number of hydrogen-bond acceptors (Lipinski definition) is 5. The van der Waals surface area contributed by atoms with E-state index in [0.717, 1.165) is 37.0 Å². The molecule has 0 spiro atoms. The van der Waals surface area contributed by atoms with E-state index in [2.05, 4.69) is 35.0 Å². The summed E-state index contributed by atoms with van der Waals surface area (Å²) in [7, 11) is 0. The van der Waals surface area contributed by atoms with Gasteiger partial charge in [-0.1, -0.05) is 24.3 Å². The Morgan fingerprint density at radius 1 is 1.23 bits per heavy atom. The summed E-state index contributed by atoms with van der Waals surface area (Å²) in [5.41, 5.74) is 2.81. The molecule has 5 heteroatoms. The van der Waals surface area contributed by atoms with Crippen LogP contribution in [-0.2, 0) is 17.9 Å². The average molecular weight is 349 g/mol. The number of nitriles is 1. The third-order valence-electron chi connectivity index (χ3n) is 4.20. The van der Waals surface area contributed by atoms with Gasteiger partial charge in [0.1, 0.15) is 18.5 Å². The van der Waals surface area contributed by atoms with Gasteiger partial charge < -0.3 is 14.4 Å². The highest BCUT2D eigenvalue weighted by Gasteiger charge is 2.20. The second kappa shape index (κ2) is 8.39. The summed E-state index contributed by atoms with van der Waals surface area (Å²) >= 11 is 0. The van der Waals surface area contributed by atoms with E-state index < -0.39 is 0 Å². The fraction of sp³-hybridized carbons (Fsp3) is 0.333. The molecule has 26 heavy (non-hydrogen) atoms. The number of rotatable bonds is 6. The minimum absolute atomic E-state index is 0.161. The first-order chi connectivity index (χ1) is 12.7. The van der Waals surface area contributed by atoms with E-state index in [9.17, 15) is 0 Å². The van der Waals surface area contributed by atoms with E-state index in [-0.39, 0.29) is 6.10 Å². The van der Waals surface area contributed by atoms with Gasteiger partial charge in [-0.3, -0.25) is 0 Å². The van der Waals surface area contributed by atoms with E-state index in [1.807, 2.05) is 37.3 Å². The molecule has 0 N–H and O–H groups in total. The quantitative estimate of drug-likeness (QED) is 0.797. The Labute approximate surface area is 154 Å². The predicted molar refractivity (Wildman–Crippen MR) is 101 cm³/mol. The van der Waals surface area contributed by atoms with Crippen LogP contribution in [-0.4, -0.2) is 30.1 Å². The van der Waals surface area contributed by atoms with Crippen LogP contribution in [0.1, 0.15) is 30.5 Å². The van der Waals surface area contributed by atoms with Gasteiger partial charge >= 0.3 is 0 Å². The van der Waals surface area contributed by atoms with E-state index in [1.165, 1.54) is 5.56 Å². The van der Waals surface area contributed by atoms with Crippen molar-refractivity contribution in [2.45, 2.75) is 33.1 Å². The predicted octanol–water partition coefficient (Wildman–Crippen LogP) is 3.73. The van der Waals surface area contributed by atoms with E-state index in [4.69, 9.17) is 14.7 Å². The highest BCUT2D eigenvalue weighted by Crippen LogP contribution is 2.17. The molecule has 0 radical (unpaired) electrons. The topological polar surface area (TPSA) is 57.8 Å². The average Bonchev–Trinajstić information content (AvgIpc) is 3.11. The maximum Gasteiger partial charge on any atom is 0.288 e. The van der Waals surface area contributed by atoms with Crippen molar-refractivity contribution in [3.05, 3.63) is 65.2 Å². The number of nitrogens with zero attached hydrogens (tertiary/aromatic N) is 3. The fourth-order valence-electron chi connectivity index (χ4n) is 2.76. The normalized spacial score (nSPS) is 15.7. The molecule has 3 rings (SSSR count). The largest absolute Gasteiger partial charge is 0.489 e. The molecule has 0 fully saturated rings. The van der Waals surface area contributed by atoms with E-state index >= 15 is 0 Å². The first-order valence-corrected chi connectivity index (χ1v) is 8.84. The van der Waals surface area contributed by atoms with Crippen molar-refractivity contribution < 1.29 is 9.47 Å². The van der Waals surface area contributed by atoms with Crippen molar-refractivity contribution >= 4 is 6.02 Å². The Balaban J connectivity index is 1.57. The first kappa shape index (κ1) is 17.8. The van der Waals surface area contributed by atoms with Gasteiger partial charge in [-0.05, 0) is 49.2 Å². The Hall–Kier alpha value is -3.00. The second-order valence-corrected chi connectivity index (χ2v) is 6.31. The number of hydrogen-bond donors (Lipinski definition) is 0. The molecule has 2 aromatic rings. The summed E-state index contributed by atoms with van der Waals surface area (Å²) < 4.78 is 11.6. The van der Waals surface area contributed by atoms with Gasteiger partial charge in [0, 0.05) is 13.1 Å². The van der Waals surface area contributed by atoms with Crippen LogP contribution in [0, 0.1) is 11.3 Å². The van der Waals surface area contributed by atoms with Crippen LogP contribution in [0.4, 0.5) is 0 Å². The first-order valence-electron chi connectivity index (χ1n) is 8.84. The maximum absolute atomic E-state index is 8.95. The highest BCUT2D eigenvalue weighted by atomic mass is 16.5. The summed E-state index contributed by atoms with van der Waals surface area (Å²) in [5.74, 6) is 0.808. The lowest BCUT2D eigenvalue weighted by Crippen LogP contribution is -2.31. The fourth-order valence-corrected chi connectivity index (χ4v) is 2.76. The zero-order valence-corrected chi connectivity index (χ0v) is 15.2. The minimum atomic E-state index is 0.161. The zero-order chi connectivity index (χ0) is 18.4. The van der Waals surface area contributed by atoms with Crippen LogP contribution in [0.2, 0.25) is 0 Å². The summed E-state index contributed by atoms with van der Waals surface area (Å²) in [6.07, 6.45) is 0.161. The summed E-state index contributed by atoms with van der Waals surface area (Å²) in [6, 6.07) is 18.4. The molecule has 0 amide bonds. The van der Waals surface area contributed by atoms with Crippen LogP contribution in [0.5, 0.6) is 5.75 Å². The third-order valence-corrected chi connectivity index (χ3v) is 4.20. The van der Waals surface area contributed by atoms with Gasteiger partial charge in [0.05, 0.1) is 18.2 Å². The SMILES string of the molecule is CCN(Cc1ccc(OCc2cccc(C#N)c2)cc1)C1=NCC(C)O1. The van der Waals surface area contributed by atoms with Crippen molar-refractivity contribution in [1.29, 1.82) is 5.26 Å². The number of amidine groups is 1. The van der Waals surface area contributed by atoms with Crippen LogP contribution in [0.15, 0.2) is 53.5 Å². The van der Waals surface area contributed by atoms with Gasteiger partial charge in [-0.2, -0.15) is 5.26 Å². The molecule has 2 aromatic carbocycles. The Bertz CT molecular complexity index is 809. The molecule has 0 saturated carbocycles. The number of aliphatic imine (C=N–C) groups is 1. The molecular formula is C21H23N3O2. The molecule has 5 nitrogen and oxygen atoms in total. The highest BCUT2D eigenvalue weighted by molar-refractivity contribution is 5.75. The van der Waals surface area contributed by atoms with Gasteiger partial charge in [0.15, 0.2) is 0 Å². The smallest absolute Gasteiger partial charge is 0.288 e. The summed E-state index contributed by atoms with van der Waals surface area (Å²) in [6.45, 7) is 6.90. The molecular weight excluding hydrogens is 326 g/mol. The lowest BCUT2D eigenvalue weighted by molar-refractivity contribution is 0.197. The van der Waals surface area contributed by atoms with Crippen molar-refractivity contribution in [2.24, 2.45) is 4.99 Å². The standard InChI is InChI=1S/C21H23N3O2/c1-3-24(21-23-13-16(2)26-21)14-17-7-9-20(10-8-17)25-15-19-6-4-5-18(11-19)12-22/h4-11,16H,3,13-15H2,1-2H3. The monoisotopic (exact) mass is 349 g/mol. The zero-order valence-electron chi connectivity index (χ0n) is 15.2. The van der Waals surface area contributed by atoms with Crippen LogP contribution >= 0.6 is 0 Å². The van der Waals surface area contributed by atoms with Crippen molar-refractivity contribution in [1.82, 2.24) is 4.90 Å². The maximum atomic E-state index is 8.95. The Morgan fingerprint density at radius 2 is 2.04 bits per heavy atom. The lowest BCUT2D eigenvalue weighted by Gasteiger charge is -2.22. The van der Waals surface area contributed by atoms with E-state index in [0.29, 0.717) is 12.2 Å². The van der Waals surface area contributed by atoms with Crippen LogP contribution < -0.4 is 4.74 Å². The number of benzene rings is 2. The Kier molecular flexibility index (Phi) is 5.75. The molecule has 1 aliphatic heterocycles. The van der Waals surface area contributed by atoms with Gasteiger partial charge in [-0.15, -0.1) is 0 Å². The van der Waals surface area contributed by atoms with Gasteiger partial charge in [0.25, 0.3) is 6.02 Å². The molecule has 0 aromatic heterocycles. The molecule has 1 aliphatic rings. The molecule has 134 valence electrons. The summed E-state index contributed by atoms with van der Waals surface area (Å²) in [4.78, 5) is 6.58. The second-order valence-electron chi connectivity index (χ2n) is 6.31. The molecule has 0 saturated heterocycles. The summed E-state index contributed by atoms with van der Waals surface area (Å²) in [5, 5.41) is 8.95. The van der Waals surface area contributed by atoms with Crippen LogP contribution in [0.3, 0.4) is 0 Å². The molecule has 0 bridgehead atoms. The Morgan fingerprint density at radius 3 is 2.69 bits per heavy atom. The number of ether oxygens (including phenoxy) is 2. The lowest BCUT2D eigenvalue weighted by atomic mass is 10.1. The minimum Gasteiger partial charge on any atom is -0.489 e. The van der Waals surface area contributed by atoms with Gasteiger partial charge in [0.2, 0.25) is 0 Å².